The van der Waals surface area contributed by atoms with E-state index in [4.69, 9.17) is 9.47 Å². The molecule has 0 aliphatic carbocycles. The normalized spacial score (nSPS) is 12.0. The average Bonchev–Trinajstić information content (AvgIpc) is 2.90. The molecule has 0 fully saturated rings. The highest BCUT2D eigenvalue weighted by Gasteiger charge is 2.09. The Balaban J connectivity index is 1.51. The van der Waals surface area contributed by atoms with Crippen LogP contribution in [0.2, 0.25) is 0 Å². The molecular weight excluding hydrogens is 428 g/mol. The molecule has 0 aliphatic rings. The van der Waals surface area contributed by atoms with Crippen molar-refractivity contribution in [2.24, 2.45) is 0 Å². The van der Waals surface area contributed by atoms with E-state index in [1.54, 1.807) is 0 Å². The van der Waals surface area contributed by atoms with Crippen LogP contribution in [0.15, 0.2) is 72.8 Å². The second-order valence-electron chi connectivity index (χ2n) is 9.47. The lowest BCUT2D eigenvalue weighted by molar-refractivity contribution is 0.0764. The van der Waals surface area contributed by atoms with Gasteiger partial charge in [0.1, 0.15) is 5.75 Å². The monoisotopic (exact) mass is 472 g/mol. The van der Waals surface area contributed by atoms with Gasteiger partial charge in [-0.3, -0.25) is 0 Å². The topological polar surface area (TPSA) is 18.5 Å². The molecule has 0 aliphatic heterocycles. The summed E-state index contributed by atoms with van der Waals surface area (Å²) in [5.41, 5.74) is 6.12. The van der Waals surface area contributed by atoms with E-state index in [0.29, 0.717) is 0 Å². The molecule has 188 valence electrons. The van der Waals surface area contributed by atoms with Gasteiger partial charge < -0.3 is 9.47 Å². The van der Waals surface area contributed by atoms with E-state index in [1.165, 1.54) is 79.2 Å². The van der Waals surface area contributed by atoms with E-state index >= 15 is 0 Å². The Morgan fingerprint density at radius 3 is 1.66 bits per heavy atom. The van der Waals surface area contributed by atoms with Crippen molar-refractivity contribution in [3.05, 3.63) is 78.4 Å². The zero-order valence-electron chi connectivity index (χ0n) is 22.1. The van der Waals surface area contributed by atoms with Crippen molar-refractivity contribution >= 4 is 0 Å². The Hall–Kier alpha value is -2.58. The maximum atomic E-state index is 6.01. The molecule has 0 amide bonds. The Morgan fingerprint density at radius 2 is 1.11 bits per heavy atom. The molecule has 0 heterocycles. The number of hydrogen-bond acceptors (Lipinski definition) is 2. The van der Waals surface area contributed by atoms with Crippen LogP contribution in [-0.4, -0.2) is 13.2 Å². The third-order valence-corrected chi connectivity index (χ3v) is 6.72. The minimum atomic E-state index is 0.118. The van der Waals surface area contributed by atoms with Gasteiger partial charge in [-0.25, -0.2) is 0 Å². The Morgan fingerprint density at radius 1 is 0.600 bits per heavy atom. The first-order valence-corrected chi connectivity index (χ1v) is 13.8. The maximum Gasteiger partial charge on any atom is 0.119 e. The van der Waals surface area contributed by atoms with Gasteiger partial charge in [0.05, 0.1) is 12.7 Å². The molecule has 0 spiro atoms. The average molecular weight is 473 g/mol. The smallest absolute Gasteiger partial charge is 0.119 e. The van der Waals surface area contributed by atoms with Crippen molar-refractivity contribution in [3.8, 4) is 28.0 Å². The van der Waals surface area contributed by atoms with Crippen LogP contribution in [-0.2, 0) is 4.74 Å². The SMILES string of the molecule is CCCCCCCCCCCOc1ccc(-c2ccccc2-c2ccc(C(C)OCC)cc2)cc1. The molecule has 0 aromatic heterocycles. The van der Waals surface area contributed by atoms with Crippen LogP contribution in [0.25, 0.3) is 22.3 Å². The first-order chi connectivity index (χ1) is 17.2. The number of hydrogen-bond donors (Lipinski definition) is 0. The number of ether oxygens (including phenoxy) is 2. The van der Waals surface area contributed by atoms with Crippen LogP contribution in [0.4, 0.5) is 0 Å². The molecule has 3 aromatic carbocycles. The second kappa shape index (κ2) is 15.4. The molecule has 0 saturated heterocycles. The summed E-state index contributed by atoms with van der Waals surface area (Å²) >= 11 is 0. The van der Waals surface area contributed by atoms with E-state index in [9.17, 15) is 0 Å². The summed E-state index contributed by atoms with van der Waals surface area (Å²) in [5, 5.41) is 0. The largest absolute Gasteiger partial charge is 0.494 e. The minimum Gasteiger partial charge on any atom is -0.494 e. The standard InChI is InChI=1S/C33H44O2/c1-4-6-7-8-9-10-11-12-15-26-35-31-24-22-30(23-25-31)33-17-14-13-16-32(33)29-20-18-28(19-21-29)27(3)34-5-2/h13-14,16-25,27H,4-12,15,26H2,1-3H3. The third-order valence-electron chi connectivity index (χ3n) is 6.72. The summed E-state index contributed by atoms with van der Waals surface area (Å²) in [6.45, 7) is 7.95. The van der Waals surface area contributed by atoms with Gasteiger partial charge in [-0.15, -0.1) is 0 Å². The fraction of sp³-hybridized carbons (Fsp3) is 0.455. The zero-order chi connectivity index (χ0) is 24.7. The summed E-state index contributed by atoms with van der Waals surface area (Å²) in [4.78, 5) is 0. The van der Waals surface area contributed by atoms with Gasteiger partial charge >= 0.3 is 0 Å². The quantitative estimate of drug-likeness (QED) is 0.193. The molecule has 1 unspecified atom stereocenters. The molecule has 0 N–H and O–H groups in total. The number of rotatable bonds is 16. The summed E-state index contributed by atoms with van der Waals surface area (Å²) < 4.78 is 11.7. The van der Waals surface area contributed by atoms with Crippen molar-refractivity contribution in [2.45, 2.75) is 84.7 Å². The Labute approximate surface area is 213 Å². The van der Waals surface area contributed by atoms with E-state index in [1.807, 2.05) is 6.92 Å². The molecule has 3 aromatic rings. The van der Waals surface area contributed by atoms with Crippen molar-refractivity contribution in [1.29, 1.82) is 0 Å². The minimum absolute atomic E-state index is 0.118. The summed E-state index contributed by atoms with van der Waals surface area (Å²) in [7, 11) is 0. The highest BCUT2D eigenvalue weighted by Crippen LogP contribution is 2.33. The molecule has 2 heteroatoms. The lowest BCUT2D eigenvalue weighted by atomic mass is 9.94. The van der Waals surface area contributed by atoms with E-state index < -0.39 is 0 Å². The number of benzene rings is 3. The van der Waals surface area contributed by atoms with Gasteiger partial charge in [0.25, 0.3) is 0 Å². The molecule has 0 radical (unpaired) electrons. The Bertz CT molecular complexity index is 959. The van der Waals surface area contributed by atoms with E-state index in [0.717, 1.165) is 25.4 Å². The molecular formula is C33H44O2. The zero-order valence-corrected chi connectivity index (χ0v) is 22.1. The van der Waals surface area contributed by atoms with Gasteiger partial charge in [0.2, 0.25) is 0 Å². The fourth-order valence-corrected chi connectivity index (χ4v) is 4.60. The molecule has 1 atom stereocenters. The first-order valence-electron chi connectivity index (χ1n) is 13.8. The maximum absolute atomic E-state index is 6.01. The second-order valence-corrected chi connectivity index (χ2v) is 9.47. The van der Waals surface area contributed by atoms with Gasteiger partial charge in [0.15, 0.2) is 0 Å². The highest BCUT2D eigenvalue weighted by atomic mass is 16.5. The van der Waals surface area contributed by atoms with Crippen LogP contribution in [0.3, 0.4) is 0 Å². The molecule has 2 nitrogen and oxygen atoms in total. The molecule has 0 bridgehead atoms. The molecule has 0 saturated carbocycles. The van der Waals surface area contributed by atoms with Crippen molar-refractivity contribution < 1.29 is 9.47 Å². The van der Waals surface area contributed by atoms with Gasteiger partial charge in [-0.2, -0.15) is 0 Å². The van der Waals surface area contributed by atoms with Gasteiger partial charge in [-0.1, -0.05) is 119 Å². The lowest BCUT2D eigenvalue weighted by Crippen LogP contribution is -1.99. The lowest BCUT2D eigenvalue weighted by Gasteiger charge is -2.14. The van der Waals surface area contributed by atoms with Crippen LogP contribution in [0.5, 0.6) is 5.75 Å². The van der Waals surface area contributed by atoms with Crippen LogP contribution < -0.4 is 4.74 Å². The third kappa shape index (κ3) is 8.85. The molecule has 3 rings (SSSR count). The predicted molar refractivity (Wildman–Crippen MR) is 150 cm³/mol. The predicted octanol–water partition coefficient (Wildman–Crippen LogP) is 10.0. The van der Waals surface area contributed by atoms with Crippen molar-refractivity contribution in [2.75, 3.05) is 13.2 Å². The van der Waals surface area contributed by atoms with E-state index in [2.05, 4.69) is 86.6 Å². The number of unbranched alkanes of at least 4 members (excludes halogenated alkanes) is 8. The van der Waals surface area contributed by atoms with Gasteiger partial charge in [-0.05, 0) is 60.2 Å². The summed E-state index contributed by atoms with van der Waals surface area (Å²) in [6.07, 6.45) is 12.1. The van der Waals surface area contributed by atoms with Crippen LogP contribution in [0.1, 0.15) is 90.2 Å². The highest BCUT2D eigenvalue weighted by molar-refractivity contribution is 5.83. The van der Waals surface area contributed by atoms with Crippen molar-refractivity contribution in [3.63, 3.8) is 0 Å². The first kappa shape index (κ1) is 27.0. The van der Waals surface area contributed by atoms with Gasteiger partial charge in [0, 0.05) is 6.61 Å². The summed E-state index contributed by atoms with van der Waals surface area (Å²) in [6, 6.07) is 25.9. The fourth-order valence-electron chi connectivity index (χ4n) is 4.60. The van der Waals surface area contributed by atoms with Crippen LogP contribution in [0, 0.1) is 0 Å². The van der Waals surface area contributed by atoms with E-state index in [-0.39, 0.29) is 6.10 Å². The Kier molecular flexibility index (Phi) is 11.9. The molecule has 35 heavy (non-hydrogen) atoms. The van der Waals surface area contributed by atoms with Crippen molar-refractivity contribution in [1.82, 2.24) is 0 Å². The van der Waals surface area contributed by atoms with Crippen LogP contribution >= 0.6 is 0 Å². The summed E-state index contributed by atoms with van der Waals surface area (Å²) in [5.74, 6) is 0.958.